The van der Waals surface area contributed by atoms with Crippen molar-refractivity contribution in [2.75, 3.05) is 0 Å². The van der Waals surface area contributed by atoms with Crippen LogP contribution in [0, 0.1) is 5.92 Å². The van der Waals surface area contributed by atoms with Crippen LogP contribution in [0.1, 0.15) is 58.3 Å². The molecule has 0 bridgehead atoms. The smallest absolute Gasteiger partial charge is 0.00450 e. The minimum absolute atomic E-state index is 0. The molecule has 2 fully saturated rings. The maximum Gasteiger partial charge on any atom is 0.00450 e. The van der Waals surface area contributed by atoms with Crippen molar-refractivity contribution in [3.8, 4) is 0 Å². The molecule has 4 rings (SSSR count). The Kier molecular flexibility index (Phi) is 10.1. The van der Waals surface area contributed by atoms with Gasteiger partial charge in [0, 0.05) is 23.1 Å². The van der Waals surface area contributed by atoms with Gasteiger partial charge >= 0.3 is 0 Å². The zero-order chi connectivity index (χ0) is 18.2. The fraction of sp³-hybridized carbons (Fsp3) is 0.500. The van der Waals surface area contributed by atoms with Gasteiger partial charge in [-0.2, -0.15) is 0 Å². The number of rotatable bonds is 4. The van der Waals surface area contributed by atoms with Crippen LogP contribution in [-0.2, 0) is 17.1 Å². The van der Waals surface area contributed by atoms with Crippen molar-refractivity contribution in [2.45, 2.75) is 70.0 Å². The Hall–Kier alpha value is -0.651. The second-order valence-electron chi connectivity index (χ2n) is 7.83. The predicted octanol–water partition coefficient (Wildman–Crippen LogP) is 5.58. The van der Waals surface area contributed by atoms with Crippen LogP contribution in [-0.4, -0.2) is 11.7 Å². The van der Waals surface area contributed by atoms with Crippen LogP contribution in [0.25, 0.3) is 0 Å². The van der Waals surface area contributed by atoms with Crippen LogP contribution in [0.2, 0.25) is 0 Å². The third kappa shape index (κ3) is 6.43. The van der Waals surface area contributed by atoms with Crippen LogP contribution in [0.15, 0.2) is 60.7 Å². The normalized spacial score (nSPS) is 22.6. The molecule has 2 aromatic carbocycles. The van der Waals surface area contributed by atoms with Gasteiger partial charge in [0.25, 0.3) is 0 Å². The van der Waals surface area contributed by atoms with E-state index in [9.17, 15) is 0 Å². The standard InChI is InChI=1S/C19H24NP.C5H10.Fe/c1-15(20)18-13-8-14-19(18)21(16-9-4-2-5-10-16)17-11-6-3-7-12-17;1-2-4-5-3-1;/h2-7,9-12,15,18-19H,8,13-14,20H2,1H3;1-5H2;/t15-,18?,19?;;/m0../s1. The van der Waals surface area contributed by atoms with Gasteiger partial charge in [0.05, 0.1) is 0 Å². The summed E-state index contributed by atoms with van der Waals surface area (Å²) in [5, 5.41) is 2.99. The quantitative estimate of drug-likeness (QED) is 0.504. The van der Waals surface area contributed by atoms with Crippen molar-refractivity contribution in [1.82, 2.24) is 0 Å². The summed E-state index contributed by atoms with van der Waals surface area (Å²) >= 11 is 0. The Morgan fingerprint density at radius 1 is 0.741 bits per heavy atom. The summed E-state index contributed by atoms with van der Waals surface area (Å²) in [5.41, 5.74) is 7.02. The van der Waals surface area contributed by atoms with Gasteiger partial charge in [-0.15, -0.1) is 0 Å². The molecule has 0 amide bonds. The topological polar surface area (TPSA) is 26.0 Å². The molecule has 0 radical (unpaired) electrons. The van der Waals surface area contributed by atoms with Gasteiger partial charge in [0.1, 0.15) is 0 Å². The molecule has 2 aliphatic rings. The molecule has 2 unspecified atom stereocenters. The molecule has 0 heterocycles. The molecule has 1 nitrogen and oxygen atoms in total. The molecule has 2 saturated carbocycles. The van der Waals surface area contributed by atoms with E-state index in [0.29, 0.717) is 12.0 Å². The first-order valence-electron chi connectivity index (χ1n) is 10.4. The van der Waals surface area contributed by atoms with Crippen molar-refractivity contribution in [3.63, 3.8) is 0 Å². The zero-order valence-corrected chi connectivity index (χ0v) is 18.5. The first kappa shape index (κ1) is 22.6. The predicted molar refractivity (Wildman–Crippen MR) is 117 cm³/mol. The summed E-state index contributed by atoms with van der Waals surface area (Å²) in [6.45, 7) is 2.19. The summed E-state index contributed by atoms with van der Waals surface area (Å²) in [7, 11) is -0.304. The van der Waals surface area contributed by atoms with Crippen LogP contribution in [0.4, 0.5) is 0 Å². The van der Waals surface area contributed by atoms with E-state index < -0.39 is 0 Å². The average molecular weight is 423 g/mol. The van der Waals surface area contributed by atoms with Crippen LogP contribution >= 0.6 is 7.92 Å². The molecule has 2 N–H and O–H groups in total. The third-order valence-corrected chi connectivity index (χ3v) is 8.87. The molecular weight excluding hydrogens is 389 g/mol. The van der Waals surface area contributed by atoms with Gasteiger partial charge in [-0.25, -0.2) is 0 Å². The molecule has 0 spiro atoms. The molecule has 3 atom stereocenters. The SMILES string of the molecule is C1CCCC1.C[C@H](N)C1CCCC1P(c1ccccc1)c1ccccc1.[Fe]. The van der Waals surface area contributed by atoms with E-state index in [2.05, 4.69) is 67.6 Å². The van der Waals surface area contributed by atoms with E-state index in [0.717, 1.165) is 5.66 Å². The summed E-state index contributed by atoms with van der Waals surface area (Å²) in [6, 6.07) is 22.4. The maximum absolute atomic E-state index is 6.29. The zero-order valence-electron chi connectivity index (χ0n) is 16.5. The van der Waals surface area contributed by atoms with Crippen LogP contribution < -0.4 is 16.3 Å². The molecule has 3 heteroatoms. The van der Waals surface area contributed by atoms with E-state index in [1.54, 1.807) is 0 Å². The molecular formula is C24H34FeNP. The van der Waals surface area contributed by atoms with Gasteiger partial charge in [0.15, 0.2) is 0 Å². The minimum atomic E-state index is -0.304. The van der Waals surface area contributed by atoms with Crippen LogP contribution in [0.3, 0.4) is 0 Å². The van der Waals surface area contributed by atoms with Crippen molar-refractivity contribution >= 4 is 18.5 Å². The van der Waals surface area contributed by atoms with Gasteiger partial charge in [-0.05, 0) is 49.9 Å². The number of hydrogen-bond acceptors (Lipinski definition) is 1. The molecule has 0 saturated heterocycles. The fourth-order valence-corrected chi connectivity index (χ4v) is 7.79. The first-order chi connectivity index (χ1) is 12.8. The number of nitrogens with two attached hydrogens (primary N) is 1. The second-order valence-corrected chi connectivity index (χ2v) is 10.3. The summed E-state index contributed by atoms with van der Waals surface area (Å²) < 4.78 is 0. The van der Waals surface area contributed by atoms with E-state index in [1.165, 1.54) is 62.0 Å². The maximum atomic E-state index is 6.29. The molecule has 27 heavy (non-hydrogen) atoms. The van der Waals surface area contributed by atoms with Crippen molar-refractivity contribution in [2.24, 2.45) is 11.7 Å². The largest absolute Gasteiger partial charge is 0.328 e. The first-order valence-corrected chi connectivity index (χ1v) is 11.8. The fourth-order valence-electron chi connectivity index (χ4n) is 4.50. The molecule has 0 aliphatic heterocycles. The van der Waals surface area contributed by atoms with Crippen molar-refractivity contribution < 1.29 is 17.1 Å². The molecule has 0 aromatic heterocycles. The molecule has 2 aliphatic carbocycles. The third-order valence-electron chi connectivity index (χ3n) is 5.86. The van der Waals surface area contributed by atoms with Gasteiger partial charge in [-0.3, -0.25) is 0 Å². The number of benzene rings is 2. The van der Waals surface area contributed by atoms with Crippen LogP contribution in [0.5, 0.6) is 0 Å². The Morgan fingerprint density at radius 3 is 1.59 bits per heavy atom. The van der Waals surface area contributed by atoms with Gasteiger partial charge in [-0.1, -0.05) is 99.2 Å². The Morgan fingerprint density at radius 2 is 1.19 bits per heavy atom. The van der Waals surface area contributed by atoms with E-state index >= 15 is 0 Å². The Labute approximate surface area is 177 Å². The van der Waals surface area contributed by atoms with Crippen molar-refractivity contribution in [1.29, 1.82) is 0 Å². The Bertz CT molecular complexity index is 580. The van der Waals surface area contributed by atoms with Gasteiger partial charge < -0.3 is 5.73 Å². The average Bonchev–Trinajstić information content (AvgIpc) is 3.39. The number of hydrogen-bond donors (Lipinski definition) is 1. The summed E-state index contributed by atoms with van der Waals surface area (Å²) in [4.78, 5) is 0. The second kappa shape index (κ2) is 12.0. The van der Waals surface area contributed by atoms with Crippen molar-refractivity contribution in [3.05, 3.63) is 60.7 Å². The molecule has 148 valence electrons. The summed E-state index contributed by atoms with van der Waals surface area (Å²) in [6.07, 6.45) is 11.4. The summed E-state index contributed by atoms with van der Waals surface area (Å²) in [5.74, 6) is 0.663. The van der Waals surface area contributed by atoms with Gasteiger partial charge in [0.2, 0.25) is 0 Å². The molecule has 2 aromatic rings. The monoisotopic (exact) mass is 423 g/mol. The Balaban J connectivity index is 0.000000379. The van der Waals surface area contributed by atoms with E-state index in [1.807, 2.05) is 0 Å². The van der Waals surface area contributed by atoms with E-state index in [4.69, 9.17) is 5.73 Å². The minimum Gasteiger partial charge on any atom is -0.328 e. The van der Waals surface area contributed by atoms with E-state index in [-0.39, 0.29) is 25.0 Å².